The quantitative estimate of drug-likeness (QED) is 0.259. The summed E-state index contributed by atoms with van der Waals surface area (Å²) >= 11 is 0. The van der Waals surface area contributed by atoms with Crippen LogP contribution >= 0.6 is 0 Å². The summed E-state index contributed by atoms with van der Waals surface area (Å²) < 4.78 is 12.8. The van der Waals surface area contributed by atoms with E-state index in [-0.39, 0.29) is 0 Å². The van der Waals surface area contributed by atoms with Crippen LogP contribution in [0.1, 0.15) is 22.4 Å². The van der Waals surface area contributed by atoms with Crippen LogP contribution in [0.5, 0.6) is 23.0 Å². The number of nitrogens with zero attached hydrogens (tertiary/aromatic N) is 4. The van der Waals surface area contributed by atoms with Gasteiger partial charge in [-0.3, -0.25) is 4.98 Å². The van der Waals surface area contributed by atoms with Gasteiger partial charge in [-0.1, -0.05) is 60.7 Å². The Morgan fingerprint density at radius 3 is 1.97 bits per heavy atom. The van der Waals surface area contributed by atoms with Crippen molar-refractivity contribution in [2.24, 2.45) is 0 Å². The van der Waals surface area contributed by atoms with Crippen LogP contribution in [0.2, 0.25) is 0 Å². The van der Waals surface area contributed by atoms with Gasteiger partial charge in [0.1, 0.15) is 23.0 Å². The Hall–Kier alpha value is -5.23. The third-order valence-electron chi connectivity index (χ3n) is 6.82. The first kappa shape index (κ1) is 22.0. The van der Waals surface area contributed by atoms with Gasteiger partial charge < -0.3 is 9.47 Å². The Balaban J connectivity index is 1.41. The summed E-state index contributed by atoms with van der Waals surface area (Å²) in [6.07, 6.45) is 5.14. The largest absolute Gasteiger partial charge is 0.457 e. The Morgan fingerprint density at radius 2 is 1.26 bits per heavy atom. The molecule has 6 heteroatoms. The van der Waals surface area contributed by atoms with E-state index in [1.807, 2.05) is 91.1 Å². The maximum atomic E-state index is 6.38. The zero-order chi connectivity index (χ0) is 25.4. The third kappa shape index (κ3) is 3.54. The summed E-state index contributed by atoms with van der Waals surface area (Å²) in [5.74, 6) is 3.02. The normalized spacial score (nSPS) is 13.2. The van der Waals surface area contributed by atoms with Crippen molar-refractivity contribution < 1.29 is 9.47 Å². The highest BCUT2D eigenvalue weighted by molar-refractivity contribution is 5.68. The van der Waals surface area contributed by atoms with Crippen LogP contribution in [0, 0.1) is 0 Å². The number of benzene rings is 4. The minimum atomic E-state index is -0.701. The van der Waals surface area contributed by atoms with Crippen LogP contribution in [0.15, 0.2) is 134 Å². The Bertz CT molecular complexity index is 1690. The zero-order valence-electron chi connectivity index (χ0n) is 20.3. The first-order valence-electron chi connectivity index (χ1n) is 12.4. The summed E-state index contributed by atoms with van der Waals surface area (Å²) in [5.41, 5.74) is 4.12. The Morgan fingerprint density at radius 1 is 0.605 bits per heavy atom. The molecule has 0 amide bonds. The summed E-state index contributed by atoms with van der Waals surface area (Å²) in [6, 6.07) is 38.3. The molecule has 0 bridgehead atoms. The van der Waals surface area contributed by atoms with Gasteiger partial charge in [-0.05, 0) is 54.1 Å². The number of fused-ring (bicyclic) bond motifs is 2. The number of ether oxygens (including phenoxy) is 2. The summed E-state index contributed by atoms with van der Waals surface area (Å²) in [6.45, 7) is 0. The minimum absolute atomic E-state index is 0.691. The molecule has 2 aromatic heterocycles. The van der Waals surface area contributed by atoms with Crippen molar-refractivity contribution in [2.75, 3.05) is 0 Å². The van der Waals surface area contributed by atoms with Crippen molar-refractivity contribution in [3.8, 4) is 28.7 Å². The van der Waals surface area contributed by atoms with Gasteiger partial charge in [0.05, 0.1) is 29.2 Å². The topological polar surface area (TPSA) is 62.1 Å². The molecular formula is C32H22N4O2. The van der Waals surface area contributed by atoms with E-state index in [0.29, 0.717) is 11.5 Å². The maximum absolute atomic E-state index is 6.38. The van der Waals surface area contributed by atoms with Crippen LogP contribution in [0.4, 0.5) is 0 Å². The summed E-state index contributed by atoms with van der Waals surface area (Å²) in [5, 5.41) is 8.45. The number of aromatic nitrogens is 4. The van der Waals surface area contributed by atoms with Gasteiger partial charge in [-0.25, -0.2) is 0 Å². The second kappa shape index (κ2) is 9.01. The van der Waals surface area contributed by atoms with Gasteiger partial charge in [-0.15, -0.1) is 0 Å². The average molecular weight is 495 g/mol. The predicted octanol–water partition coefficient (Wildman–Crippen LogP) is 6.94. The zero-order valence-corrected chi connectivity index (χ0v) is 20.3. The molecule has 0 radical (unpaired) electrons. The molecule has 3 heterocycles. The number of hydrogen-bond acceptors (Lipinski definition) is 5. The fraction of sp³-hybridized carbons (Fsp3) is 0.0312. The molecule has 0 saturated carbocycles. The first-order chi connectivity index (χ1) is 18.8. The van der Waals surface area contributed by atoms with Gasteiger partial charge in [0.15, 0.2) is 0 Å². The second-order valence-corrected chi connectivity index (χ2v) is 9.01. The molecule has 0 aliphatic carbocycles. The molecule has 1 aliphatic heterocycles. The SMILES string of the molecule is c1ccc(C2(c3cccc(Oc4cccc(-n5nccn5)c4)c3)c3ccccc3Oc3ccccc32)nc1. The molecule has 0 atom stereocenters. The predicted molar refractivity (Wildman–Crippen MR) is 144 cm³/mol. The van der Waals surface area contributed by atoms with Crippen molar-refractivity contribution >= 4 is 0 Å². The van der Waals surface area contributed by atoms with Gasteiger partial charge in [0, 0.05) is 23.4 Å². The number of rotatable bonds is 5. The molecule has 4 aromatic carbocycles. The molecule has 0 fully saturated rings. The van der Waals surface area contributed by atoms with Crippen molar-refractivity contribution in [1.82, 2.24) is 20.0 Å². The fourth-order valence-electron chi connectivity index (χ4n) is 5.26. The standard InChI is InChI=1S/C32H22N4O2/c1-3-15-29-27(13-1)32(31-17-5-6-18-33-31,28-14-2-4-16-30(28)38-29)23-9-7-11-25(21-23)37-26-12-8-10-24(22-26)36-34-19-20-35-36/h1-22H. The van der Waals surface area contributed by atoms with Crippen LogP contribution in [-0.4, -0.2) is 20.0 Å². The van der Waals surface area contributed by atoms with Crippen molar-refractivity contribution in [2.45, 2.75) is 5.41 Å². The molecule has 0 spiro atoms. The molecule has 182 valence electrons. The smallest absolute Gasteiger partial charge is 0.132 e. The highest BCUT2D eigenvalue weighted by atomic mass is 16.5. The number of hydrogen-bond donors (Lipinski definition) is 0. The molecule has 6 nitrogen and oxygen atoms in total. The van der Waals surface area contributed by atoms with Gasteiger partial charge in [0.2, 0.25) is 0 Å². The molecule has 1 aliphatic rings. The van der Waals surface area contributed by atoms with E-state index in [1.54, 1.807) is 17.2 Å². The van der Waals surface area contributed by atoms with E-state index in [4.69, 9.17) is 14.5 Å². The average Bonchev–Trinajstić information content (AvgIpc) is 3.52. The molecular weight excluding hydrogens is 472 g/mol. The van der Waals surface area contributed by atoms with E-state index in [9.17, 15) is 0 Å². The highest BCUT2D eigenvalue weighted by Gasteiger charge is 2.46. The van der Waals surface area contributed by atoms with Gasteiger partial charge in [-0.2, -0.15) is 15.0 Å². The van der Waals surface area contributed by atoms with Crippen LogP contribution in [0.3, 0.4) is 0 Å². The van der Waals surface area contributed by atoms with Crippen molar-refractivity contribution in [1.29, 1.82) is 0 Å². The molecule has 6 aromatic rings. The van der Waals surface area contributed by atoms with Crippen LogP contribution < -0.4 is 9.47 Å². The van der Waals surface area contributed by atoms with Gasteiger partial charge in [0.25, 0.3) is 0 Å². The summed E-state index contributed by atoms with van der Waals surface area (Å²) in [4.78, 5) is 6.45. The van der Waals surface area contributed by atoms with Gasteiger partial charge >= 0.3 is 0 Å². The third-order valence-corrected chi connectivity index (χ3v) is 6.82. The highest BCUT2D eigenvalue weighted by Crippen LogP contribution is 2.54. The lowest BCUT2D eigenvalue weighted by atomic mass is 9.65. The van der Waals surface area contributed by atoms with Crippen molar-refractivity contribution in [3.05, 3.63) is 156 Å². The molecule has 7 rings (SSSR count). The first-order valence-corrected chi connectivity index (χ1v) is 12.4. The summed E-state index contributed by atoms with van der Waals surface area (Å²) in [7, 11) is 0. The number of pyridine rings is 1. The van der Waals surface area contributed by atoms with E-state index < -0.39 is 5.41 Å². The van der Waals surface area contributed by atoms with E-state index in [0.717, 1.165) is 39.6 Å². The fourth-order valence-corrected chi connectivity index (χ4v) is 5.26. The lowest BCUT2D eigenvalue weighted by Gasteiger charge is -2.40. The molecule has 0 N–H and O–H groups in total. The van der Waals surface area contributed by atoms with E-state index >= 15 is 0 Å². The number of para-hydroxylation sites is 2. The molecule has 0 unspecified atom stereocenters. The Labute approximate surface area is 219 Å². The lowest BCUT2D eigenvalue weighted by molar-refractivity contribution is 0.431. The van der Waals surface area contributed by atoms with Crippen LogP contribution in [-0.2, 0) is 5.41 Å². The van der Waals surface area contributed by atoms with E-state index in [2.05, 4.69) is 40.5 Å². The lowest BCUT2D eigenvalue weighted by Crippen LogP contribution is -2.35. The second-order valence-electron chi connectivity index (χ2n) is 9.01. The Kier molecular flexibility index (Phi) is 5.22. The monoisotopic (exact) mass is 494 g/mol. The molecule has 0 saturated heterocycles. The van der Waals surface area contributed by atoms with Crippen LogP contribution in [0.25, 0.3) is 5.69 Å². The van der Waals surface area contributed by atoms with Crippen molar-refractivity contribution in [3.63, 3.8) is 0 Å². The minimum Gasteiger partial charge on any atom is -0.457 e. The molecule has 38 heavy (non-hydrogen) atoms. The maximum Gasteiger partial charge on any atom is 0.132 e. The van der Waals surface area contributed by atoms with E-state index in [1.165, 1.54) is 0 Å².